The molecule has 0 saturated carbocycles. The van der Waals surface area contributed by atoms with Gasteiger partial charge in [-0.1, -0.05) is 0 Å². The Morgan fingerprint density at radius 3 is 2.60 bits per heavy atom. The second-order valence-corrected chi connectivity index (χ2v) is 6.39. The monoisotopic (exact) mass is 230 g/mol. The lowest BCUT2D eigenvalue weighted by Crippen LogP contribution is -2.23. The van der Waals surface area contributed by atoms with Gasteiger partial charge in [0.05, 0.1) is 12.0 Å². The third kappa shape index (κ3) is 2.92. The van der Waals surface area contributed by atoms with E-state index in [0.717, 1.165) is 0 Å². The zero-order valence-corrected chi connectivity index (χ0v) is 9.76. The largest absolute Gasteiger partial charge is 0.475 e. The van der Waals surface area contributed by atoms with Crippen molar-refractivity contribution in [3.05, 3.63) is 23.7 Å². The smallest absolute Gasteiger partial charge is 0.372 e. The Bertz CT molecular complexity index is 386. The van der Waals surface area contributed by atoms with E-state index in [2.05, 4.69) is 0 Å². The third-order valence-corrected chi connectivity index (χ3v) is 3.85. The topological polar surface area (TPSA) is 67.5 Å². The van der Waals surface area contributed by atoms with Crippen LogP contribution in [0.15, 0.2) is 16.7 Å². The fourth-order valence-corrected chi connectivity index (χ4v) is 1.94. The van der Waals surface area contributed by atoms with Crippen LogP contribution in [-0.2, 0) is 16.6 Å². The van der Waals surface area contributed by atoms with Gasteiger partial charge in [0.15, 0.2) is 0 Å². The van der Waals surface area contributed by atoms with Gasteiger partial charge in [0, 0.05) is 21.1 Å². The zero-order chi connectivity index (χ0) is 11.6. The molecule has 0 fully saturated rings. The van der Waals surface area contributed by atoms with Crippen LogP contribution in [0.4, 0.5) is 0 Å². The maximum absolute atomic E-state index is 11.8. The molecule has 1 unspecified atom stereocenters. The quantitative estimate of drug-likeness (QED) is 0.862. The number of rotatable bonds is 3. The molecule has 1 rings (SSSR count). The molecule has 0 spiro atoms. The molecule has 0 saturated heterocycles. The van der Waals surface area contributed by atoms with Crippen LogP contribution in [0.5, 0.6) is 0 Å². The summed E-state index contributed by atoms with van der Waals surface area (Å²) >= 11 is 0. The Labute approximate surface area is 90.7 Å². The minimum Gasteiger partial charge on any atom is -0.475 e. The van der Waals surface area contributed by atoms with Crippen molar-refractivity contribution < 1.29 is 18.5 Å². The van der Waals surface area contributed by atoms with Crippen LogP contribution < -0.4 is 0 Å². The maximum atomic E-state index is 11.8. The lowest BCUT2D eigenvalue weighted by molar-refractivity contribution is 0.0661. The Hall–Kier alpha value is -1.10. The molecule has 0 radical (unpaired) electrons. The summed E-state index contributed by atoms with van der Waals surface area (Å²) in [5, 5.41) is 8.78. The Kier molecular flexibility index (Phi) is 3.34. The summed E-state index contributed by atoms with van der Waals surface area (Å²) in [6, 6.07) is 1.55. The van der Waals surface area contributed by atoms with E-state index in [1.165, 1.54) is 6.26 Å². The van der Waals surface area contributed by atoms with Crippen LogP contribution in [0.1, 0.15) is 36.9 Å². The van der Waals surface area contributed by atoms with Gasteiger partial charge in [0.1, 0.15) is 0 Å². The minimum absolute atomic E-state index is 0.118. The number of hydrogen-bond donors (Lipinski definition) is 1. The van der Waals surface area contributed by atoms with Crippen LogP contribution in [-0.4, -0.2) is 20.0 Å². The first-order chi connectivity index (χ1) is 6.82. The van der Waals surface area contributed by atoms with Gasteiger partial charge in [-0.2, -0.15) is 0 Å². The maximum Gasteiger partial charge on any atom is 0.372 e. The molecule has 1 aromatic rings. The SMILES string of the molecule is CC(C)(C)S(=O)Cc1ccoc1C(=O)O. The fourth-order valence-electron chi connectivity index (χ4n) is 0.995. The van der Waals surface area contributed by atoms with Crippen molar-refractivity contribution in [2.45, 2.75) is 31.3 Å². The van der Waals surface area contributed by atoms with Gasteiger partial charge >= 0.3 is 5.97 Å². The van der Waals surface area contributed by atoms with Crippen molar-refractivity contribution >= 4 is 16.8 Å². The number of hydrogen-bond acceptors (Lipinski definition) is 3. The molecule has 84 valence electrons. The molecular weight excluding hydrogens is 216 g/mol. The van der Waals surface area contributed by atoms with E-state index < -0.39 is 16.8 Å². The number of carboxylic acid groups (broad SMARTS) is 1. The highest BCUT2D eigenvalue weighted by Crippen LogP contribution is 2.19. The molecule has 4 nitrogen and oxygen atoms in total. The summed E-state index contributed by atoms with van der Waals surface area (Å²) in [7, 11) is -1.12. The highest BCUT2D eigenvalue weighted by molar-refractivity contribution is 7.85. The first-order valence-corrected chi connectivity index (χ1v) is 5.82. The fraction of sp³-hybridized carbons (Fsp3) is 0.500. The second kappa shape index (κ2) is 4.18. The van der Waals surface area contributed by atoms with E-state index in [1.54, 1.807) is 6.07 Å². The molecule has 1 N–H and O–H groups in total. The van der Waals surface area contributed by atoms with E-state index in [-0.39, 0.29) is 16.3 Å². The van der Waals surface area contributed by atoms with Gasteiger partial charge in [-0.15, -0.1) is 0 Å². The summed E-state index contributed by atoms with van der Waals surface area (Å²) in [4.78, 5) is 10.7. The van der Waals surface area contributed by atoms with Gasteiger partial charge in [0.25, 0.3) is 0 Å². The van der Waals surface area contributed by atoms with Crippen LogP contribution in [0.3, 0.4) is 0 Å². The number of aromatic carboxylic acids is 1. The van der Waals surface area contributed by atoms with Crippen LogP contribution in [0.2, 0.25) is 0 Å². The molecule has 1 atom stereocenters. The lowest BCUT2D eigenvalue weighted by atomic mass is 10.2. The van der Waals surface area contributed by atoms with E-state index in [9.17, 15) is 9.00 Å². The van der Waals surface area contributed by atoms with E-state index >= 15 is 0 Å². The van der Waals surface area contributed by atoms with Gasteiger partial charge in [-0.3, -0.25) is 4.21 Å². The van der Waals surface area contributed by atoms with Crippen molar-refractivity contribution in [1.29, 1.82) is 0 Å². The highest BCUT2D eigenvalue weighted by Gasteiger charge is 2.23. The van der Waals surface area contributed by atoms with Crippen molar-refractivity contribution in [3.63, 3.8) is 0 Å². The number of carboxylic acids is 1. The Morgan fingerprint density at radius 1 is 1.53 bits per heavy atom. The first-order valence-electron chi connectivity index (χ1n) is 4.50. The van der Waals surface area contributed by atoms with Gasteiger partial charge in [0.2, 0.25) is 5.76 Å². The van der Waals surface area contributed by atoms with Crippen LogP contribution in [0, 0.1) is 0 Å². The third-order valence-electron chi connectivity index (χ3n) is 1.91. The molecular formula is C10H14O4S. The molecule has 1 aromatic heterocycles. The molecule has 0 aliphatic rings. The number of furan rings is 1. The standard InChI is InChI=1S/C10H14O4S/c1-10(2,3)15(13)6-7-4-5-14-8(7)9(11)12/h4-5H,6H2,1-3H3,(H,11,12). The normalized spacial score (nSPS) is 13.8. The molecule has 1 heterocycles. The van der Waals surface area contributed by atoms with Crippen LogP contribution >= 0.6 is 0 Å². The van der Waals surface area contributed by atoms with Crippen molar-refractivity contribution in [3.8, 4) is 0 Å². The van der Waals surface area contributed by atoms with Crippen LogP contribution in [0.25, 0.3) is 0 Å². The minimum atomic E-state index is -1.12. The molecule has 5 heteroatoms. The summed E-state index contributed by atoms with van der Waals surface area (Å²) < 4.78 is 16.2. The number of carbonyl (C=O) groups is 1. The van der Waals surface area contributed by atoms with E-state index in [1.807, 2.05) is 20.8 Å². The summed E-state index contributed by atoms with van der Waals surface area (Å²) in [6.45, 7) is 5.55. The van der Waals surface area contributed by atoms with Gasteiger partial charge in [-0.05, 0) is 26.8 Å². The molecule has 0 aliphatic carbocycles. The second-order valence-electron chi connectivity index (χ2n) is 4.18. The molecule has 15 heavy (non-hydrogen) atoms. The average molecular weight is 230 g/mol. The summed E-state index contributed by atoms with van der Waals surface area (Å²) in [5.74, 6) is -1.03. The van der Waals surface area contributed by atoms with E-state index in [4.69, 9.17) is 9.52 Å². The van der Waals surface area contributed by atoms with Gasteiger partial charge in [-0.25, -0.2) is 4.79 Å². The average Bonchev–Trinajstić information content (AvgIpc) is 2.50. The predicted octanol–water partition coefficient (Wildman–Crippen LogP) is 2.02. The molecule has 0 aliphatic heterocycles. The first kappa shape index (κ1) is 12.0. The zero-order valence-electron chi connectivity index (χ0n) is 8.94. The molecule has 0 aromatic carbocycles. The van der Waals surface area contributed by atoms with Crippen molar-refractivity contribution in [2.24, 2.45) is 0 Å². The highest BCUT2D eigenvalue weighted by atomic mass is 32.2. The summed E-state index contributed by atoms with van der Waals surface area (Å²) in [6.07, 6.45) is 1.30. The predicted molar refractivity (Wildman–Crippen MR) is 57.3 cm³/mol. The van der Waals surface area contributed by atoms with Crippen molar-refractivity contribution in [1.82, 2.24) is 0 Å². The lowest BCUT2D eigenvalue weighted by Gasteiger charge is -2.17. The molecule has 0 amide bonds. The Morgan fingerprint density at radius 2 is 2.13 bits per heavy atom. The molecule has 0 bridgehead atoms. The summed E-state index contributed by atoms with van der Waals surface area (Å²) in [5.41, 5.74) is 0.482. The van der Waals surface area contributed by atoms with Crippen molar-refractivity contribution in [2.75, 3.05) is 0 Å². The Balaban J connectivity index is 2.86. The van der Waals surface area contributed by atoms with Gasteiger partial charge < -0.3 is 9.52 Å². The van der Waals surface area contributed by atoms with E-state index in [0.29, 0.717) is 5.56 Å².